The summed E-state index contributed by atoms with van der Waals surface area (Å²) in [6.45, 7) is 3.64. The van der Waals surface area contributed by atoms with E-state index in [-0.39, 0.29) is 5.82 Å². The zero-order chi connectivity index (χ0) is 12.3. The van der Waals surface area contributed by atoms with Crippen LogP contribution in [0.2, 0.25) is 0 Å². The first-order chi connectivity index (χ1) is 8.15. The van der Waals surface area contributed by atoms with Crippen molar-refractivity contribution in [3.05, 3.63) is 34.1 Å². The molecule has 1 aromatic carbocycles. The van der Waals surface area contributed by atoms with Crippen LogP contribution in [-0.2, 0) is 6.54 Å². The normalized spacial score (nSPS) is 17.1. The zero-order valence-electron chi connectivity index (χ0n) is 9.97. The minimum absolute atomic E-state index is 0.158. The Morgan fingerprint density at radius 1 is 1.47 bits per heavy atom. The van der Waals surface area contributed by atoms with Crippen LogP contribution >= 0.6 is 15.9 Å². The highest BCUT2D eigenvalue weighted by atomic mass is 79.9. The molecule has 0 aliphatic heterocycles. The lowest BCUT2D eigenvalue weighted by molar-refractivity contribution is 0.490. The third kappa shape index (κ3) is 4.37. The van der Waals surface area contributed by atoms with Crippen LogP contribution in [0.15, 0.2) is 22.7 Å². The van der Waals surface area contributed by atoms with Gasteiger partial charge in [-0.3, -0.25) is 0 Å². The SMILES string of the molecule is CC(CNC1CC1)NCc1ccc(Br)cc1F. The highest BCUT2D eigenvalue weighted by Crippen LogP contribution is 2.18. The molecule has 0 bridgehead atoms. The van der Waals surface area contributed by atoms with Crippen molar-refractivity contribution in [1.29, 1.82) is 0 Å². The third-order valence-corrected chi connectivity index (χ3v) is 3.44. The molecule has 2 nitrogen and oxygen atoms in total. The van der Waals surface area contributed by atoms with E-state index in [2.05, 4.69) is 33.5 Å². The summed E-state index contributed by atoms with van der Waals surface area (Å²) in [5, 5.41) is 6.78. The summed E-state index contributed by atoms with van der Waals surface area (Å²) in [6, 6.07) is 6.27. The Hall–Kier alpha value is -0.450. The van der Waals surface area contributed by atoms with Gasteiger partial charge in [-0.1, -0.05) is 22.0 Å². The first kappa shape index (κ1) is 13.0. The van der Waals surface area contributed by atoms with Gasteiger partial charge in [0, 0.05) is 35.2 Å². The number of nitrogens with one attached hydrogen (secondary N) is 2. The van der Waals surface area contributed by atoms with E-state index in [1.165, 1.54) is 18.9 Å². The molecule has 1 atom stereocenters. The van der Waals surface area contributed by atoms with Crippen molar-refractivity contribution in [3.8, 4) is 0 Å². The summed E-state index contributed by atoms with van der Waals surface area (Å²) < 4.78 is 14.3. The molecule has 1 aliphatic rings. The summed E-state index contributed by atoms with van der Waals surface area (Å²) in [5.74, 6) is -0.158. The minimum Gasteiger partial charge on any atom is -0.312 e. The molecule has 1 unspecified atom stereocenters. The van der Waals surface area contributed by atoms with E-state index in [0.717, 1.165) is 17.1 Å². The highest BCUT2D eigenvalue weighted by Gasteiger charge is 2.20. The second-order valence-electron chi connectivity index (χ2n) is 4.70. The molecule has 1 aliphatic carbocycles. The predicted octanol–water partition coefficient (Wildman–Crippen LogP) is 2.82. The third-order valence-electron chi connectivity index (χ3n) is 2.95. The van der Waals surface area contributed by atoms with Crippen molar-refractivity contribution in [1.82, 2.24) is 10.6 Å². The fraction of sp³-hybridized carbons (Fsp3) is 0.538. The molecule has 17 heavy (non-hydrogen) atoms. The molecule has 1 saturated carbocycles. The van der Waals surface area contributed by atoms with Crippen LogP contribution in [0, 0.1) is 5.82 Å². The molecule has 2 N–H and O–H groups in total. The smallest absolute Gasteiger partial charge is 0.128 e. The average molecular weight is 301 g/mol. The van der Waals surface area contributed by atoms with Crippen LogP contribution in [-0.4, -0.2) is 18.6 Å². The summed E-state index contributed by atoms with van der Waals surface area (Å²) in [4.78, 5) is 0. The molecule has 0 spiro atoms. The molecule has 0 heterocycles. The Labute approximate surface area is 110 Å². The van der Waals surface area contributed by atoms with Crippen LogP contribution in [0.4, 0.5) is 4.39 Å². The number of hydrogen-bond acceptors (Lipinski definition) is 2. The predicted molar refractivity (Wildman–Crippen MR) is 71.4 cm³/mol. The van der Waals surface area contributed by atoms with Gasteiger partial charge in [-0.2, -0.15) is 0 Å². The second kappa shape index (κ2) is 5.94. The summed E-state index contributed by atoms with van der Waals surface area (Å²) in [5.41, 5.74) is 0.714. The van der Waals surface area contributed by atoms with E-state index >= 15 is 0 Å². The van der Waals surface area contributed by atoms with Gasteiger partial charge in [0.25, 0.3) is 0 Å². The first-order valence-electron chi connectivity index (χ1n) is 6.06. The quantitative estimate of drug-likeness (QED) is 0.844. The van der Waals surface area contributed by atoms with Crippen LogP contribution in [0.3, 0.4) is 0 Å². The van der Waals surface area contributed by atoms with Gasteiger partial charge in [-0.15, -0.1) is 0 Å². The Morgan fingerprint density at radius 3 is 2.88 bits per heavy atom. The fourth-order valence-electron chi connectivity index (χ4n) is 1.65. The monoisotopic (exact) mass is 300 g/mol. The van der Waals surface area contributed by atoms with E-state index in [1.807, 2.05) is 12.1 Å². The van der Waals surface area contributed by atoms with Crippen LogP contribution in [0.1, 0.15) is 25.3 Å². The molecule has 0 amide bonds. The molecular weight excluding hydrogens is 283 g/mol. The summed E-state index contributed by atoms with van der Waals surface area (Å²) >= 11 is 3.25. The van der Waals surface area contributed by atoms with Crippen LogP contribution in [0.25, 0.3) is 0 Å². The molecular formula is C13H18BrFN2. The molecule has 0 saturated heterocycles. The topological polar surface area (TPSA) is 24.1 Å². The first-order valence-corrected chi connectivity index (χ1v) is 6.85. The average Bonchev–Trinajstić information content (AvgIpc) is 3.09. The number of benzene rings is 1. The van der Waals surface area contributed by atoms with E-state index in [9.17, 15) is 4.39 Å². The Balaban J connectivity index is 1.75. The Bertz CT molecular complexity index is 380. The van der Waals surface area contributed by atoms with Gasteiger partial charge in [-0.05, 0) is 31.9 Å². The van der Waals surface area contributed by atoms with Gasteiger partial charge in [0.15, 0.2) is 0 Å². The van der Waals surface area contributed by atoms with Gasteiger partial charge < -0.3 is 10.6 Å². The summed E-state index contributed by atoms with van der Waals surface area (Å²) in [7, 11) is 0. The molecule has 1 aromatic rings. The van der Waals surface area contributed by atoms with E-state index < -0.39 is 0 Å². The molecule has 0 aromatic heterocycles. The fourth-order valence-corrected chi connectivity index (χ4v) is 1.99. The maximum Gasteiger partial charge on any atom is 0.128 e. The maximum absolute atomic E-state index is 13.5. The lowest BCUT2D eigenvalue weighted by Gasteiger charge is -2.14. The largest absolute Gasteiger partial charge is 0.312 e. The number of halogens is 2. The Kier molecular flexibility index (Phi) is 4.54. The van der Waals surface area contributed by atoms with Gasteiger partial charge in [-0.25, -0.2) is 4.39 Å². The highest BCUT2D eigenvalue weighted by molar-refractivity contribution is 9.10. The maximum atomic E-state index is 13.5. The van der Waals surface area contributed by atoms with Crippen molar-refractivity contribution in [3.63, 3.8) is 0 Å². The number of hydrogen-bond donors (Lipinski definition) is 2. The lowest BCUT2D eigenvalue weighted by Crippen LogP contribution is -2.36. The van der Waals surface area contributed by atoms with Gasteiger partial charge >= 0.3 is 0 Å². The number of rotatable bonds is 6. The Morgan fingerprint density at radius 2 is 2.24 bits per heavy atom. The van der Waals surface area contributed by atoms with Crippen molar-refractivity contribution in [2.45, 2.75) is 38.4 Å². The van der Waals surface area contributed by atoms with Crippen molar-refractivity contribution in [2.75, 3.05) is 6.54 Å². The zero-order valence-corrected chi connectivity index (χ0v) is 11.6. The summed E-state index contributed by atoms with van der Waals surface area (Å²) in [6.07, 6.45) is 2.60. The van der Waals surface area contributed by atoms with Crippen molar-refractivity contribution >= 4 is 15.9 Å². The van der Waals surface area contributed by atoms with E-state index in [4.69, 9.17) is 0 Å². The molecule has 4 heteroatoms. The van der Waals surface area contributed by atoms with Crippen LogP contribution in [0.5, 0.6) is 0 Å². The van der Waals surface area contributed by atoms with Gasteiger partial charge in [0.2, 0.25) is 0 Å². The lowest BCUT2D eigenvalue weighted by atomic mass is 10.2. The van der Waals surface area contributed by atoms with Gasteiger partial charge in [0.1, 0.15) is 5.82 Å². The molecule has 2 rings (SSSR count). The second-order valence-corrected chi connectivity index (χ2v) is 5.62. The van der Waals surface area contributed by atoms with Crippen molar-refractivity contribution in [2.24, 2.45) is 0 Å². The molecule has 0 radical (unpaired) electrons. The minimum atomic E-state index is -0.158. The standard InChI is InChI=1S/C13H18BrFN2/c1-9(7-17-12-4-5-12)16-8-10-2-3-11(14)6-13(10)15/h2-3,6,9,12,16-17H,4-5,7-8H2,1H3. The molecule has 1 fully saturated rings. The van der Waals surface area contributed by atoms with Crippen molar-refractivity contribution < 1.29 is 4.39 Å². The molecule has 94 valence electrons. The van der Waals surface area contributed by atoms with Crippen LogP contribution < -0.4 is 10.6 Å². The van der Waals surface area contributed by atoms with E-state index in [1.54, 1.807) is 0 Å². The van der Waals surface area contributed by atoms with E-state index in [0.29, 0.717) is 18.2 Å². The van der Waals surface area contributed by atoms with Gasteiger partial charge in [0.05, 0.1) is 0 Å².